The Morgan fingerprint density at radius 2 is 1.56 bits per heavy atom. The Morgan fingerprint density at radius 3 is 2.24 bits per heavy atom. The second kappa shape index (κ2) is 33.3. The maximum absolute atomic E-state index is 14.8. The number of halogens is 4. The SMILES string of the molecule is CC[C@H](C)[C@H]1CN[C@@H](C2CC2)C(C)NCC2[C@@H](C(=O)N3CCCCC3)C(C)N2[C@@H](C(C)C)C(C)NC2(CCCC2)CNCCN=CC=C(CCc2ccc(C(F)(F)F)c(Cl)c2)NC=CN(C)C=C(CC2CCCCC2)N(C)C=C2CCCN2[C@@H](C)C(C)N1. The minimum atomic E-state index is -4.51. The molecule has 8 rings (SSSR count). The number of likely N-dealkylation sites (tertiary alicyclic amines) is 1. The Labute approximate surface area is 535 Å². The summed E-state index contributed by atoms with van der Waals surface area (Å²) in [5.74, 6) is 2.48. The minimum absolute atomic E-state index is 0.0371. The molecule has 3 saturated carbocycles. The van der Waals surface area contributed by atoms with Gasteiger partial charge in [-0.25, -0.2) is 0 Å². The fraction of sp³-hybridized carbons (Fsp3) is 0.775. The van der Waals surface area contributed by atoms with E-state index in [9.17, 15) is 18.0 Å². The van der Waals surface area contributed by atoms with Crippen molar-refractivity contribution in [1.82, 2.24) is 56.4 Å². The van der Waals surface area contributed by atoms with Crippen molar-refractivity contribution in [2.75, 3.05) is 66.5 Å². The molecule has 4 heterocycles. The zero-order valence-electron chi connectivity index (χ0n) is 56.2. The van der Waals surface area contributed by atoms with Crippen molar-refractivity contribution in [1.29, 1.82) is 0 Å². The van der Waals surface area contributed by atoms with Gasteiger partial charge in [-0.15, -0.1) is 0 Å². The van der Waals surface area contributed by atoms with Gasteiger partial charge in [0.15, 0.2) is 0 Å². The Bertz CT molecular complexity index is 2480. The number of carbonyl (C=O) groups is 1. The molecule has 1 aromatic rings. The van der Waals surface area contributed by atoms with Gasteiger partial charge < -0.3 is 51.5 Å². The third kappa shape index (κ3) is 19.2. The van der Waals surface area contributed by atoms with E-state index in [2.05, 4.69) is 151 Å². The van der Waals surface area contributed by atoms with Crippen LogP contribution in [0.2, 0.25) is 5.02 Å². The maximum Gasteiger partial charge on any atom is 0.417 e. The number of fused-ring (bicyclic) bond motifs is 2. The van der Waals surface area contributed by atoms with Crippen molar-refractivity contribution in [3.63, 3.8) is 0 Å². The van der Waals surface area contributed by atoms with Crippen LogP contribution in [0.4, 0.5) is 13.2 Å². The largest absolute Gasteiger partial charge is 0.417 e. The van der Waals surface area contributed by atoms with E-state index < -0.39 is 11.7 Å². The second-order valence-electron chi connectivity index (χ2n) is 28.7. The van der Waals surface area contributed by atoms with Gasteiger partial charge in [0.05, 0.1) is 23.0 Å². The molecule has 3 aliphatic carbocycles. The van der Waals surface area contributed by atoms with Crippen LogP contribution in [-0.2, 0) is 17.4 Å². The fourth-order valence-electron chi connectivity index (χ4n) is 16.1. The Hall–Kier alpha value is -3.64. The molecule has 1 aromatic carbocycles. The van der Waals surface area contributed by atoms with Crippen LogP contribution in [0.5, 0.6) is 0 Å². The van der Waals surface area contributed by atoms with Gasteiger partial charge in [0.2, 0.25) is 5.91 Å². The molecule has 1 spiro atoms. The summed E-state index contributed by atoms with van der Waals surface area (Å²) >= 11 is 6.20. The third-order valence-electron chi connectivity index (χ3n) is 21.7. The van der Waals surface area contributed by atoms with Crippen molar-refractivity contribution in [3.8, 4) is 0 Å². The lowest BCUT2D eigenvalue weighted by Crippen LogP contribution is -2.76. The molecule has 88 heavy (non-hydrogen) atoms. The van der Waals surface area contributed by atoms with Gasteiger partial charge in [-0.05, 0) is 159 Å². The summed E-state index contributed by atoms with van der Waals surface area (Å²) in [4.78, 5) is 31.8. The number of allylic oxidation sites excluding steroid dienone is 4. The Kier molecular flexibility index (Phi) is 26.6. The van der Waals surface area contributed by atoms with Crippen LogP contribution in [0.3, 0.4) is 0 Å². The second-order valence-corrected chi connectivity index (χ2v) is 29.1. The van der Waals surface area contributed by atoms with Crippen LogP contribution in [0, 0.1) is 29.6 Å². The molecule has 7 aliphatic rings. The normalized spacial score (nSPS) is 31.1. The molecule has 0 aromatic heterocycles. The first kappa shape index (κ1) is 70.2. The smallest absolute Gasteiger partial charge is 0.369 e. The third-order valence-corrected chi connectivity index (χ3v) is 22.0. The number of piperidine rings is 1. The number of aryl methyl sites for hydroxylation is 1. The van der Waals surface area contributed by atoms with Gasteiger partial charge in [0.25, 0.3) is 0 Å². The molecule has 1 amide bonds. The van der Waals surface area contributed by atoms with E-state index in [0.29, 0.717) is 67.1 Å². The summed E-state index contributed by atoms with van der Waals surface area (Å²) in [6.45, 7) is 28.2. The molecule has 13 nitrogen and oxygen atoms in total. The number of rotatable bonds is 10. The standard InChI is InChI=1S/C71H118ClF3N12O/c1-12-50(4)64-44-80-67(58-27-28-58)52(6)79-45-65-66(69(88)85-38-19-14-20-39-85)55(9)87(65)68(49(2)3)53(7)82-70(32-17-18-33-70)48-77-36-35-76-34-31-59(29-25-57-26-30-62(63(72)43-57)71(73,74)75)78-37-41-83(10)46-61(42-56-22-15-13-16-23-56)84(11)47-60-24-21-40-86(60)54(8)51(5)81-64/h26,30-31,34,37,41,43,46-47,49-56,58,64-68,77-82H,12-25,27-29,32-33,35-36,38-40,42,44-45,48H2,1-11H3/t50-,51?,52?,53?,54-,55?,64+,65?,66-,67+,68-/m0/s1. The molecule has 6 fully saturated rings. The van der Waals surface area contributed by atoms with E-state index in [4.69, 9.17) is 16.6 Å². The van der Waals surface area contributed by atoms with Crippen molar-refractivity contribution < 1.29 is 18.0 Å². The number of hydrogen-bond acceptors (Lipinski definition) is 12. The molecule has 496 valence electrons. The van der Waals surface area contributed by atoms with Crippen LogP contribution in [0.25, 0.3) is 0 Å². The monoisotopic (exact) mass is 1250 g/mol. The van der Waals surface area contributed by atoms with Gasteiger partial charge >= 0.3 is 6.18 Å². The summed E-state index contributed by atoms with van der Waals surface area (Å²) in [5.41, 5.74) is 3.45. The Balaban J connectivity index is 1.07. The highest BCUT2D eigenvalue weighted by Gasteiger charge is 2.55. The Morgan fingerprint density at radius 1 is 0.830 bits per heavy atom. The predicted octanol–water partition coefficient (Wildman–Crippen LogP) is 12.7. The first-order valence-electron chi connectivity index (χ1n) is 35.0. The van der Waals surface area contributed by atoms with Crippen molar-refractivity contribution in [2.24, 2.45) is 34.6 Å². The lowest BCUT2D eigenvalue weighted by atomic mass is 9.74. The summed E-state index contributed by atoms with van der Waals surface area (Å²) in [6, 6.07) is 6.20. The molecular formula is C71H118ClF3N12O. The van der Waals surface area contributed by atoms with E-state index in [0.717, 1.165) is 115 Å². The first-order valence-corrected chi connectivity index (χ1v) is 35.4. The highest BCUT2D eigenvalue weighted by molar-refractivity contribution is 6.31. The van der Waals surface area contributed by atoms with Gasteiger partial charge in [-0.1, -0.05) is 96.7 Å². The molecule has 3 saturated heterocycles. The summed E-state index contributed by atoms with van der Waals surface area (Å²) < 4.78 is 41.0. The number of amides is 1. The van der Waals surface area contributed by atoms with Crippen LogP contribution in [0.15, 0.2) is 71.2 Å². The molecule has 5 unspecified atom stereocenters. The molecular weight excluding hydrogens is 1130 g/mol. The number of hydrogen-bond donors (Lipinski definition) is 6. The van der Waals surface area contributed by atoms with Gasteiger partial charge in [0, 0.05) is 168 Å². The quantitative estimate of drug-likeness (QED) is 0.134. The molecule has 6 N–H and O–H groups in total. The number of benzene rings is 1. The lowest BCUT2D eigenvalue weighted by Gasteiger charge is -2.60. The van der Waals surface area contributed by atoms with E-state index in [-0.39, 0.29) is 52.7 Å². The molecule has 11 atom stereocenters. The van der Waals surface area contributed by atoms with E-state index in [1.165, 1.54) is 87.7 Å². The summed E-state index contributed by atoms with van der Waals surface area (Å²) in [6.07, 6.45) is 30.3. The topological polar surface area (TPSA) is 118 Å². The zero-order chi connectivity index (χ0) is 63.1. The lowest BCUT2D eigenvalue weighted by molar-refractivity contribution is -0.162. The summed E-state index contributed by atoms with van der Waals surface area (Å²) in [7, 11) is 4.32. The maximum atomic E-state index is 14.8. The van der Waals surface area contributed by atoms with Gasteiger partial charge in [-0.2, -0.15) is 13.2 Å². The molecule has 0 radical (unpaired) electrons. The molecule has 17 heteroatoms. The average molecular weight is 1250 g/mol. The number of nitrogens with one attached hydrogen (secondary N) is 6. The van der Waals surface area contributed by atoms with Gasteiger partial charge in [0.1, 0.15) is 0 Å². The highest BCUT2D eigenvalue weighted by atomic mass is 35.5. The number of alkyl halides is 3. The number of nitrogens with zero attached hydrogens (tertiary/aromatic N) is 6. The van der Waals surface area contributed by atoms with Crippen LogP contribution in [0.1, 0.15) is 195 Å². The van der Waals surface area contributed by atoms with Gasteiger partial charge in [-0.3, -0.25) is 14.7 Å². The van der Waals surface area contributed by atoms with Crippen molar-refractivity contribution in [3.05, 3.63) is 82.3 Å². The summed E-state index contributed by atoms with van der Waals surface area (Å²) in [5, 5.41) is 24.0. The zero-order valence-corrected chi connectivity index (χ0v) is 56.9. The minimum Gasteiger partial charge on any atom is -0.369 e. The average Bonchev–Trinajstić information content (AvgIpc) is 1.22. The van der Waals surface area contributed by atoms with Crippen molar-refractivity contribution in [2.45, 2.75) is 257 Å². The molecule has 0 bridgehead atoms. The highest BCUT2D eigenvalue weighted by Crippen LogP contribution is 2.42. The predicted molar refractivity (Wildman–Crippen MR) is 359 cm³/mol. The molecule has 4 aliphatic heterocycles. The van der Waals surface area contributed by atoms with Crippen LogP contribution >= 0.6 is 11.6 Å². The van der Waals surface area contributed by atoms with E-state index >= 15 is 0 Å². The van der Waals surface area contributed by atoms with E-state index in [1.54, 1.807) is 0 Å². The van der Waals surface area contributed by atoms with E-state index in [1.807, 2.05) is 18.5 Å². The van der Waals surface area contributed by atoms with Crippen LogP contribution in [-0.4, -0.2) is 163 Å². The van der Waals surface area contributed by atoms with Crippen LogP contribution < -0.4 is 31.9 Å². The number of carbonyl (C=O) groups excluding carboxylic acids is 1. The first-order chi connectivity index (χ1) is 42.2. The fourth-order valence-corrected chi connectivity index (χ4v) is 16.4. The van der Waals surface area contributed by atoms with Crippen molar-refractivity contribution >= 4 is 23.7 Å². The number of aliphatic imine (C=N–C) groups is 1.